The van der Waals surface area contributed by atoms with Gasteiger partial charge in [0.25, 0.3) is 5.91 Å². The average molecular weight is 335 g/mol. The Labute approximate surface area is 130 Å². The average Bonchev–Trinajstić information content (AvgIpc) is 2.47. The quantitative estimate of drug-likeness (QED) is 0.674. The monoisotopic (exact) mass is 335 g/mol. The first-order chi connectivity index (χ1) is 10.8. The second-order valence-corrected chi connectivity index (χ2v) is 4.49. The number of amides is 1. The van der Waals surface area contributed by atoms with Crippen LogP contribution in [0, 0.1) is 0 Å². The highest BCUT2D eigenvalue weighted by molar-refractivity contribution is 5.77. The van der Waals surface area contributed by atoms with E-state index in [1.165, 1.54) is 24.3 Å². The smallest absolute Gasteiger partial charge is 0.422 e. The van der Waals surface area contributed by atoms with Gasteiger partial charge in [0.1, 0.15) is 0 Å². The maximum Gasteiger partial charge on any atom is 0.422 e. The standard InChI is InChI=1S/C14H16F3NO5/c15-14(16,17)9-23-11-5-2-1-4-10(11)22-8-12(19)18-7-3-6-13(20)21/h1-2,4-5H,3,6-9H2,(H,18,19)(H,20,21). The van der Waals surface area contributed by atoms with E-state index in [-0.39, 0.29) is 30.9 Å². The zero-order chi connectivity index (χ0) is 17.3. The van der Waals surface area contributed by atoms with Crippen molar-refractivity contribution in [2.45, 2.75) is 19.0 Å². The van der Waals surface area contributed by atoms with Gasteiger partial charge in [-0.3, -0.25) is 9.59 Å². The van der Waals surface area contributed by atoms with Crippen LogP contribution < -0.4 is 14.8 Å². The number of hydrogen-bond acceptors (Lipinski definition) is 4. The van der Waals surface area contributed by atoms with Gasteiger partial charge in [-0.25, -0.2) is 0 Å². The maximum atomic E-state index is 12.1. The van der Waals surface area contributed by atoms with Crippen molar-refractivity contribution in [2.24, 2.45) is 0 Å². The Morgan fingerprint density at radius 1 is 1.13 bits per heavy atom. The fourth-order valence-electron chi connectivity index (χ4n) is 1.51. The molecule has 0 atom stereocenters. The minimum absolute atomic E-state index is 0.0115. The molecule has 0 aliphatic heterocycles. The number of benzene rings is 1. The summed E-state index contributed by atoms with van der Waals surface area (Å²) in [7, 11) is 0. The lowest BCUT2D eigenvalue weighted by Gasteiger charge is -2.13. The first kappa shape index (κ1) is 18.6. The molecule has 1 aromatic carbocycles. The molecule has 128 valence electrons. The number of carbonyl (C=O) groups excluding carboxylic acids is 1. The van der Waals surface area contributed by atoms with Crippen LogP contribution in [0.4, 0.5) is 13.2 Å². The molecule has 0 saturated heterocycles. The number of hydrogen-bond donors (Lipinski definition) is 2. The number of halogens is 3. The number of alkyl halides is 3. The lowest BCUT2D eigenvalue weighted by atomic mass is 10.3. The Bertz CT molecular complexity index is 533. The van der Waals surface area contributed by atoms with E-state index >= 15 is 0 Å². The van der Waals surface area contributed by atoms with Crippen molar-refractivity contribution in [2.75, 3.05) is 19.8 Å². The third-order valence-electron chi connectivity index (χ3n) is 2.49. The van der Waals surface area contributed by atoms with E-state index in [0.29, 0.717) is 0 Å². The van der Waals surface area contributed by atoms with Crippen LogP contribution in [0.15, 0.2) is 24.3 Å². The van der Waals surface area contributed by atoms with Gasteiger partial charge >= 0.3 is 12.1 Å². The summed E-state index contributed by atoms with van der Waals surface area (Å²) in [5, 5.41) is 10.9. The van der Waals surface area contributed by atoms with Crippen molar-refractivity contribution in [1.82, 2.24) is 5.32 Å². The molecule has 0 unspecified atom stereocenters. The molecule has 1 amide bonds. The number of para-hydroxylation sites is 2. The highest BCUT2D eigenvalue weighted by Gasteiger charge is 2.29. The van der Waals surface area contributed by atoms with Crippen molar-refractivity contribution < 1.29 is 37.3 Å². The van der Waals surface area contributed by atoms with Crippen LogP contribution in [-0.2, 0) is 9.59 Å². The Morgan fingerprint density at radius 3 is 2.30 bits per heavy atom. The lowest BCUT2D eigenvalue weighted by molar-refractivity contribution is -0.153. The van der Waals surface area contributed by atoms with E-state index in [9.17, 15) is 22.8 Å². The van der Waals surface area contributed by atoms with Gasteiger partial charge in [-0.05, 0) is 18.6 Å². The second-order valence-electron chi connectivity index (χ2n) is 4.49. The lowest BCUT2D eigenvalue weighted by Crippen LogP contribution is -2.30. The van der Waals surface area contributed by atoms with Crippen molar-refractivity contribution >= 4 is 11.9 Å². The van der Waals surface area contributed by atoms with E-state index in [0.717, 1.165) is 0 Å². The van der Waals surface area contributed by atoms with Gasteiger partial charge in [-0.15, -0.1) is 0 Å². The Kier molecular flexibility index (Phi) is 7.17. The zero-order valence-corrected chi connectivity index (χ0v) is 12.1. The second kappa shape index (κ2) is 8.86. The summed E-state index contributed by atoms with van der Waals surface area (Å²) in [6.07, 6.45) is -4.28. The molecular formula is C14H16F3NO5. The van der Waals surface area contributed by atoms with Crippen LogP contribution in [0.5, 0.6) is 11.5 Å². The number of carboxylic acid groups (broad SMARTS) is 1. The molecule has 0 aromatic heterocycles. The molecule has 0 aliphatic carbocycles. The van der Waals surface area contributed by atoms with Crippen molar-refractivity contribution in [3.05, 3.63) is 24.3 Å². The molecule has 2 N–H and O–H groups in total. The van der Waals surface area contributed by atoms with Gasteiger partial charge in [0.15, 0.2) is 24.7 Å². The van der Waals surface area contributed by atoms with Crippen molar-refractivity contribution in [3.8, 4) is 11.5 Å². The molecule has 23 heavy (non-hydrogen) atoms. The number of rotatable bonds is 9. The molecule has 0 bridgehead atoms. The number of nitrogens with one attached hydrogen (secondary N) is 1. The molecule has 1 aromatic rings. The highest BCUT2D eigenvalue weighted by atomic mass is 19.4. The molecule has 0 heterocycles. The topological polar surface area (TPSA) is 84.9 Å². The van der Waals surface area contributed by atoms with Gasteiger partial charge in [0.2, 0.25) is 0 Å². The summed E-state index contributed by atoms with van der Waals surface area (Å²) in [6.45, 7) is -1.71. The molecule has 0 radical (unpaired) electrons. The Hall–Kier alpha value is -2.45. The molecule has 9 heteroatoms. The van der Waals surface area contributed by atoms with Gasteiger partial charge < -0.3 is 19.9 Å². The number of carbonyl (C=O) groups is 2. The molecular weight excluding hydrogens is 319 g/mol. The first-order valence-corrected chi connectivity index (χ1v) is 6.68. The molecule has 1 rings (SSSR count). The summed E-state index contributed by atoms with van der Waals surface area (Å²) < 4.78 is 46.2. The predicted molar refractivity (Wildman–Crippen MR) is 73.4 cm³/mol. The third kappa shape index (κ3) is 8.54. The van der Waals surface area contributed by atoms with E-state index in [1.54, 1.807) is 0 Å². The summed E-state index contributed by atoms with van der Waals surface area (Å²) in [6, 6.07) is 5.68. The Balaban J connectivity index is 2.42. The molecule has 0 spiro atoms. The van der Waals surface area contributed by atoms with Gasteiger partial charge in [-0.2, -0.15) is 13.2 Å². The van der Waals surface area contributed by atoms with Crippen LogP contribution in [-0.4, -0.2) is 42.9 Å². The summed E-state index contributed by atoms with van der Waals surface area (Å²) >= 11 is 0. The maximum absolute atomic E-state index is 12.1. The summed E-state index contributed by atoms with van der Waals surface area (Å²) in [5.74, 6) is -1.59. The van der Waals surface area contributed by atoms with E-state index in [1.807, 2.05) is 0 Å². The molecule has 0 aliphatic rings. The fraction of sp³-hybridized carbons (Fsp3) is 0.429. The largest absolute Gasteiger partial charge is 0.481 e. The van der Waals surface area contributed by atoms with Crippen LogP contribution in [0.3, 0.4) is 0 Å². The summed E-state index contributed by atoms with van der Waals surface area (Å²) in [4.78, 5) is 21.8. The van der Waals surface area contributed by atoms with Crippen molar-refractivity contribution in [1.29, 1.82) is 0 Å². The van der Waals surface area contributed by atoms with Gasteiger partial charge in [-0.1, -0.05) is 12.1 Å². The van der Waals surface area contributed by atoms with Crippen molar-refractivity contribution in [3.63, 3.8) is 0 Å². The van der Waals surface area contributed by atoms with Crippen LogP contribution >= 0.6 is 0 Å². The number of carboxylic acids is 1. The normalized spacial score (nSPS) is 10.9. The molecule has 0 saturated carbocycles. The van der Waals surface area contributed by atoms with Gasteiger partial charge in [0, 0.05) is 13.0 Å². The highest BCUT2D eigenvalue weighted by Crippen LogP contribution is 2.28. The van der Waals surface area contributed by atoms with Crippen LogP contribution in [0.2, 0.25) is 0 Å². The van der Waals surface area contributed by atoms with E-state index in [2.05, 4.69) is 10.1 Å². The number of aliphatic carboxylic acids is 1. The SMILES string of the molecule is O=C(O)CCCNC(=O)COc1ccccc1OCC(F)(F)F. The zero-order valence-electron chi connectivity index (χ0n) is 12.1. The van der Waals surface area contributed by atoms with E-state index < -0.39 is 31.3 Å². The minimum Gasteiger partial charge on any atom is -0.481 e. The molecule has 0 fully saturated rings. The minimum atomic E-state index is -4.48. The third-order valence-corrected chi connectivity index (χ3v) is 2.49. The predicted octanol–water partition coefficient (Wildman–Crippen LogP) is 1.99. The van der Waals surface area contributed by atoms with Crippen LogP contribution in [0.25, 0.3) is 0 Å². The molecule has 6 nitrogen and oxygen atoms in total. The van der Waals surface area contributed by atoms with Gasteiger partial charge in [0.05, 0.1) is 0 Å². The van der Waals surface area contributed by atoms with E-state index in [4.69, 9.17) is 9.84 Å². The Morgan fingerprint density at radius 2 is 1.74 bits per heavy atom. The first-order valence-electron chi connectivity index (χ1n) is 6.68. The number of ether oxygens (including phenoxy) is 2. The fourth-order valence-corrected chi connectivity index (χ4v) is 1.51. The summed E-state index contributed by atoms with van der Waals surface area (Å²) in [5.41, 5.74) is 0. The van der Waals surface area contributed by atoms with Crippen LogP contribution in [0.1, 0.15) is 12.8 Å².